The highest BCUT2D eigenvalue weighted by Crippen LogP contribution is 2.25. The van der Waals surface area contributed by atoms with Crippen molar-refractivity contribution in [3.63, 3.8) is 0 Å². The van der Waals surface area contributed by atoms with E-state index in [9.17, 15) is 0 Å². The summed E-state index contributed by atoms with van der Waals surface area (Å²) in [6, 6.07) is 6.35. The minimum atomic E-state index is 0.531. The molecule has 0 atom stereocenters. The molecule has 0 unspecified atom stereocenters. The fourth-order valence-corrected chi connectivity index (χ4v) is 1.72. The maximum atomic E-state index is 6.07. The second-order valence-electron chi connectivity index (χ2n) is 3.76. The van der Waals surface area contributed by atoms with Crippen molar-refractivity contribution in [3.8, 4) is 0 Å². The van der Waals surface area contributed by atoms with Crippen LogP contribution in [-0.2, 0) is 0 Å². The molecule has 0 bridgehead atoms. The van der Waals surface area contributed by atoms with Gasteiger partial charge in [0.2, 0.25) is 0 Å². The number of fused-ring (bicyclic) bond motifs is 1. The zero-order chi connectivity index (χ0) is 10.1. The Morgan fingerprint density at radius 2 is 2.00 bits per heavy atom. The van der Waals surface area contributed by atoms with Crippen LogP contribution in [-0.4, -0.2) is 4.98 Å². The summed E-state index contributed by atoms with van der Waals surface area (Å²) in [5, 5.41) is 2.92. The standard InChI is InChI=1S/C12H12ClN/c1-8(2)9-3-4-10-6-14-7-12(13)11(10)5-9/h3-8H,1-2H3. The molecule has 0 aliphatic heterocycles. The molecule has 0 amide bonds. The van der Waals surface area contributed by atoms with E-state index in [0.717, 1.165) is 15.8 Å². The molecule has 1 aromatic carbocycles. The number of nitrogens with zero attached hydrogens (tertiary/aromatic N) is 1. The fraction of sp³-hybridized carbons (Fsp3) is 0.250. The number of rotatable bonds is 1. The van der Waals surface area contributed by atoms with Crippen LogP contribution in [0.1, 0.15) is 25.3 Å². The molecule has 0 saturated heterocycles. The van der Waals surface area contributed by atoms with Crippen molar-refractivity contribution in [1.82, 2.24) is 4.98 Å². The number of aromatic nitrogens is 1. The molecule has 0 saturated carbocycles. The first-order chi connectivity index (χ1) is 6.68. The molecule has 0 aliphatic carbocycles. The third-order valence-corrected chi connectivity index (χ3v) is 2.70. The summed E-state index contributed by atoms with van der Waals surface area (Å²) in [5.74, 6) is 0.531. The van der Waals surface area contributed by atoms with E-state index >= 15 is 0 Å². The Bertz CT molecular complexity index is 463. The third kappa shape index (κ3) is 1.60. The van der Waals surface area contributed by atoms with Crippen molar-refractivity contribution >= 4 is 22.4 Å². The number of pyridine rings is 1. The molecule has 0 fully saturated rings. The van der Waals surface area contributed by atoms with Crippen molar-refractivity contribution < 1.29 is 0 Å². The quantitative estimate of drug-likeness (QED) is 0.686. The van der Waals surface area contributed by atoms with Crippen molar-refractivity contribution in [2.24, 2.45) is 0 Å². The first kappa shape index (κ1) is 9.47. The molecule has 2 aromatic rings. The maximum absolute atomic E-state index is 6.07. The summed E-state index contributed by atoms with van der Waals surface area (Å²) in [4.78, 5) is 4.05. The van der Waals surface area contributed by atoms with Crippen LogP contribution in [0, 0.1) is 0 Å². The van der Waals surface area contributed by atoms with Gasteiger partial charge >= 0.3 is 0 Å². The topological polar surface area (TPSA) is 12.9 Å². The summed E-state index contributed by atoms with van der Waals surface area (Å²) in [6.07, 6.45) is 3.53. The van der Waals surface area contributed by atoms with Gasteiger partial charge in [0, 0.05) is 23.2 Å². The molecule has 2 heteroatoms. The average molecular weight is 206 g/mol. The highest BCUT2D eigenvalue weighted by atomic mass is 35.5. The summed E-state index contributed by atoms with van der Waals surface area (Å²) in [6.45, 7) is 4.35. The average Bonchev–Trinajstić information content (AvgIpc) is 2.18. The van der Waals surface area contributed by atoms with Gasteiger partial charge < -0.3 is 0 Å². The van der Waals surface area contributed by atoms with Crippen LogP contribution >= 0.6 is 11.6 Å². The van der Waals surface area contributed by atoms with E-state index < -0.39 is 0 Å². The summed E-state index contributed by atoms with van der Waals surface area (Å²) in [7, 11) is 0. The van der Waals surface area contributed by atoms with E-state index in [0.29, 0.717) is 5.92 Å². The monoisotopic (exact) mass is 205 g/mol. The summed E-state index contributed by atoms with van der Waals surface area (Å²) >= 11 is 6.07. The Morgan fingerprint density at radius 3 is 2.71 bits per heavy atom. The Kier molecular flexibility index (Phi) is 2.42. The van der Waals surface area contributed by atoms with Gasteiger partial charge in [-0.2, -0.15) is 0 Å². The van der Waals surface area contributed by atoms with E-state index in [-0.39, 0.29) is 0 Å². The highest BCUT2D eigenvalue weighted by molar-refractivity contribution is 6.35. The van der Waals surface area contributed by atoms with Crippen LogP contribution in [0.5, 0.6) is 0 Å². The molecule has 1 aromatic heterocycles. The Balaban J connectivity index is 2.70. The zero-order valence-electron chi connectivity index (χ0n) is 8.29. The van der Waals surface area contributed by atoms with E-state index in [1.165, 1.54) is 5.56 Å². The van der Waals surface area contributed by atoms with Gasteiger partial charge in [0.1, 0.15) is 0 Å². The van der Waals surface area contributed by atoms with Crippen molar-refractivity contribution in [2.45, 2.75) is 19.8 Å². The second-order valence-corrected chi connectivity index (χ2v) is 4.16. The van der Waals surface area contributed by atoms with Crippen LogP contribution in [0.25, 0.3) is 10.8 Å². The predicted octanol–water partition coefficient (Wildman–Crippen LogP) is 4.01. The molecule has 14 heavy (non-hydrogen) atoms. The molecule has 0 spiro atoms. The van der Waals surface area contributed by atoms with Crippen LogP contribution in [0.15, 0.2) is 30.6 Å². The lowest BCUT2D eigenvalue weighted by Gasteiger charge is -2.07. The lowest BCUT2D eigenvalue weighted by atomic mass is 10.0. The Hall–Kier alpha value is -1.08. The van der Waals surface area contributed by atoms with Crippen LogP contribution in [0.3, 0.4) is 0 Å². The van der Waals surface area contributed by atoms with Gasteiger partial charge in [0.05, 0.1) is 5.02 Å². The van der Waals surface area contributed by atoms with Gasteiger partial charge in [-0.1, -0.05) is 37.6 Å². The Labute approximate surface area is 88.7 Å². The lowest BCUT2D eigenvalue weighted by molar-refractivity contribution is 0.869. The third-order valence-electron chi connectivity index (χ3n) is 2.40. The number of benzene rings is 1. The van der Waals surface area contributed by atoms with Crippen molar-refractivity contribution in [2.75, 3.05) is 0 Å². The number of halogens is 1. The number of hydrogen-bond acceptors (Lipinski definition) is 1. The number of hydrogen-bond donors (Lipinski definition) is 0. The SMILES string of the molecule is CC(C)c1ccc2cncc(Cl)c2c1. The zero-order valence-corrected chi connectivity index (χ0v) is 9.05. The molecule has 0 N–H and O–H groups in total. The molecule has 0 aliphatic rings. The minimum Gasteiger partial charge on any atom is -0.263 e. The van der Waals surface area contributed by atoms with Gasteiger partial charge in [-0.25, -0.2) is 0 Å². The molecular weight excluding hydrogens is 194 g/mol. The molecule has 1 nitrogen and oxygen atoms in total. The summed E-state index contributed by atoms with van der Waals surface area (Å²) in [5.41, 5.74) is 1.31. The minimum absolute atomic E-state index is 0.531. The van der Waals surface area contributed by atoms with E-state index in [4.69, 9.17) is 11.6 Å². The van der Waals surface area contributed by atoms with E-state index in [1.54, 1.807) is 6.20 Å². The van der Waals surface area contributed by atoms with Gasteiger partial charge in [-0.3, -0.25) is 4.98 Å². The summed E-state index contributed by atoms with van der Waals surface area (Å²) < 4.78 is 0. The van der Waals surface area contributed by atoms with Crippen molar-refractivity contribution in [3.05, 3.63) is 41.2 Å². The second kappa shape index (κ2) is 3.58. The lowest BCUT2D eigenvalue weighted by Crippen LogP contribution is -1.87. The molecule has 72 valence electrons. The fourth-order valence-electron chi connectivity index (χ4n) is 1.50. The molecule has 2 rings (SSSR count). The van der Waals surface area contributed by atoms with Crippen LogP contribution in [0.2, 0.25) is 5.02 Å². The van der Waals surface area contributed by atoms with Gasteiger partial charge in [-0.05, 0) is 17.5 Å². The first-order valence-corrected chi connectivity index (χ1v) is 5.09. The van der Waals surface area contributed by atoms with E-state index in [2.05, 4.69) is 37.0 Å². The van der Waals surface area contributed by atoms with E-state index in [1.807, 2.05) is 6.20 Å². The molecule has 0 radical (unpaired) electrons. The van der Waals surface area contributed by atoms with Gasteiger partial charge in [-0.15, -0.1) is 0 Å². The maximum Gasteiger partial charge on any atom is 0.0667 e. The molecular formula is C12H12ClN. The predicted molar refractivity (Wildman–Crippen MR) is 60.8 cm³/mol. The first-order valence-electron chi connectivity index (χ1n) is 4.71. The van der Waals surface area contributed by atoms with Crippen LogP contribution in [0.4, 0.5) is 0 Å². The Morgan fingerprint density at radius 1 is 1.21 bits per heavy atom. The van der Waals surface area contributed by atoms with Gasteiger partial charge in [0.15, 0.2) is 0 Å². The molecule has 1 heterocycles. The van der Waals surface area contributed by atoms with Crippen molar-refractivity contribution in [1.29, 1.82) is 0 Å². The normalized spacial score (nSPS) is 11.1. The highest BCUT2D eigenvalue weighted by Gasteiger charge is 2.03. The van der Waals surface area contributed by atoms with Gasteiger partial charge in [0.25, 0.3) is 0 Å². The van der Waals surface area contributed by atoms with Crippen LogP contribution < -0.4 is 0 Å². The smallest absolute Gasteiger partial charge is 0.0667 e. The largest absolute Gasteiger partial charge is 0.263 e.